The second-order valence-electron chi connectivity index (χ2n) is 6.68. The fraction of sp³-hybridized carbons (Fsp3) is 0.125. The highest BCUT2D eigenvalue weighted by Crippen LogP contribution is 2.44. The van der Waals surface area contributed by atoms with Crippen molar-refractivity contribution in [1.82, 2.24) is 0 Å². The van der Waals surface area contributed by atoms with Crippen molar-refractivity contribution < 1.29 is 14.3 Å². The van der Waals surface area contributed by atoms with Crippen molar-refractivity contribution >= 4 is 22.6 Å². The van der Waals surface area contributed by atoms with Gasteiger partial charge < -0.3 is 14.3 Å². The van der Waals surface area contributed by atoms with E-state index in [-0.39, 0.29) is 18.6 Å². The van der Waals surface area contributed by atoms with Gasteiger partial charge in [0.25, 0.3) is 0 Å². The Labute approximate surface area is 172 Å². The summed E-state index contributed by atoms with van der Waals surface area (Å²) < 4.78 is 11.6. The zero-order valence-electron chi connectivity index (χ0n) is 15.7. The van der Waals surface area contributed by atoms with Gasteiger partial charge in [-0.1, -0.05) is 41.8 Å². The number of aliphatic hydroxyl groups excluding tert-OH is 1. The highest BCUT2D eigenvalue weighted by atomic mass is 35.5. The monoisotopic (exact) mass is 404 g/mol. The Bertz CT molecular complexity index is 1300. The first-order valence-corrected chi connectivity index (χ1v) is 9.37. The lowest BCUT2D eigenvalue weighted by atomic mass is 9.90. The topological polar surface area (TPSA) is 59.7 Å². The average molecular weight is 405 g/mol. The summed E-state index contributed by atoms with van der Waals surface area (Å²) in [5.41, 5.74) is 4.19. The largest absolute Gasteiger partial charge is 0.479 e. The van der Waals surface area contributed by atoms with Gasteiger partial charge in [-0.15, -0.1) is 6.42 Å². The standard InChI is InChI=1S/C24H17ClO4/c1-3-8-28-23-12-22-18(10-19(23)25)24(16-7-5-4-6-15(16)13-26)17-9-14(2)20(27)11-21(17)29-22/h1,4-7,9-12,26H,8,13H2,2H3. The Morgan fingerprint density at radius 2 is 1.97 bits per heavy atom. The molecule has 0 spiro atoms. The molecule has 0 unspecified atom stereocenters. The molecule has 144 valence electrons. The Balaban J connectivity index is 2.15. The third-order valence-electron chi connectivity index (χ3n) is 4.84. The van der Waals surface area contributed by atoms with E-state index in [9.17, 15) is 9.90 Å². The molecular formula is C24H17ClO4. The molecule has 2 aromatic rings. The Kier molecular flexibility index (Phi) is 5.02. The van der Waals surface area contributed by atoms with Gasteiger partial charge in [0.15, 0.2) is 5.43 Å². The predicted molar refractivity (Wildman–Crippen MR) is 115 cm³/mol. The van der Waals surface area contributed by atoms with E-state index in [1.807, 2.05) is 24.3 Å². The molecule has 29 heavy (non-hydrogen) atoms. The van der Waals surface area contributed by atoms with Crippen LogP contribution in [0.2, 0.25) is 5.02 Å². The van der Waals surface area contributed by atoms with Crippen molar-refractivity contribution in [2.45, 2.75) is 13.5 Å². The number of fused-ring (bicyclic) bond motifs is 2. The lowest BCUT2D eigenvalue weighted by molar-refractivity contribution is 0.282. The number of halogens is 1. The molecule has 2 aromatic carbocycles. The number of aliphatic hydroxyl groups is 1. The molecule has 2 aliphatic rings. The molecule has 0 radical (unpaired) electrons. The van der Waals surface area contributed by atoms with Gasteiger partial charge in [-0.05, 0) is 35.7 Å². The number of ether oxygens (including phenoxy) is 1. The summed E-state index contributed by atoms with van der Waals surface area (Å²) >= 11 is 6.45. The Hall–Kier alpha value is -3.26. The van der Waals surface area contributed by atoms with Crippen LogP contribution in [0, 0.1) is 19.3 Å². The van der Waals surface area contributed by atoms with Gasteiger partial charge in [0, 0.05) is 28.6 Å². The van der Waals surface area contributed by atoms with Gasteiger partial charge in [-0.3, -0.25) is 4.79 Å². The summed E-state index contributed by atoms with van der Waals surface area (Å²) in [6.45, 7) is 1.71. The molecule has 5 heteroatoms. The maximum atomic E-state index is 12.2. The Morgan fingerprint density at radius 3 is 2.72 bits per heavy atom. The molecule has 1 aliphatic heterocycles. The molecule has 0 saturated carbocycles. The second-order valence-corrected chi connectivity index (χ2v) is 7.08. The molecule has 4 nitrogen and oxygen atoms in total. The van der Waals surface area contributed by atoms with Crippen LogP contribution in [-0.4, -0.2) is 11.7 Å². The lowest BCUT2D eigenvalue weighted by Gasteiger charge is -2.18. The van der Waals surface area contributed by atoms with Crippen LogP contribution in [0.25, 0.3) is 33.4 Å². The van der Waals surface area contributed by atoms with Gasteiger partial charge in [0.1, 0.15) is 23.7 Å². The smallest absolute Gasteiger partial charge is 0.185 e. The first-order valence-electron chi connectivity index (χ1n) is 8.99. The minimum Gasteiger partial charge on any atom is -0.479 e. The highest BCUT2D eigenvalue weighted by molar-refractivity contribution is 6.33. The van der Waals surface area contributed by atoms with Crippen LogP contribution < -0.4 is 10.2 Å². The molecule has 0 amide bonds. The maximum Gasteiger partial charge on any atom is 0.185 e. The van der Waals surface area contributed by atoms with E-state index >= 15 is 0 Å². The molecule has 0 atom stereocenters. The zero-order chi connectivity index (χ0) is 20.5. The lowest BCUT2D eigenvalue weighted by Crippen LogP contribution is -2.06. The third kappa shape index (κ3) is 3.36. The van der Waals surface area contributed by atoms with Crippen LogP contribution in [0.15, 0.2) is 57.7 Å². The second kappa shape index (κ2) is 7.63. The molecular weight excluding hydrogens is 388 g/mol. The SMILES string of the molecule is C#CCOc1cc2oc3cc(=O)c(C)cc-3c(-c3ccccc3CO)c2cc1Cl. The number of benzene rings is 3. The molecule has 0 saturated heterocycles. The molecule has 1 heterocycles. The van der Waals surface area contributed by atoms with Gasteiger partial charge >= 0.3 is 0 Å². The number of rotatable bonds is 4. The Morgan fingerprint density at radius 1 is 1.17 bits per heavy atom. The average Bonchev–Trinajstić information content (AvgIpc) is 2.72. The van der Waals surface area contributed by atoms with Gasteiger partial charge in [0.2, 0.25) is 0 Å². The van der Waals surface area contributed by atoms with Crippen molar-refractivity contribution in [2.24, 2.45) is 0 Å². The van der Waals surface area contributed by atoms with Crippen LogP contribution in [0.3, 0.4) is 0 Å². The third-order valence-corrected chi connectivity index (χ3v) is 5.13. The van der Waals surface area contributed by atoms with Crippen LogP contribution in [0.1, 0.15) is 11.1 Å². The minimum absolute atomic E-state index is 0.0723. The van der Waals surface area contributed by atoms with Gasteiger partial charge in [0.05, 0.1) is 11.6 Å². The first kappa shape index (κ1) is 19.1. The van der Waals surface area contributed by atoms with E-state index in [1.54, 1.807) is 25.1 Å². The fourth-order valence-corrected chi connectivity index (χ4v) is 3.67. The van der Waals surface area contributed by atoms with Crippen molar-refractivity contribution in [3.8, 4) is 40.5 Å². The summed E-state index contributed by atoms with van der Waals surface area (Å²) in [7, 11) is 0. The summed E-state index contributed by atoms with van der Waals surface area (Å²) in [6.07, 6.45) is 5.28. The number of aryl methyl sites for hydroxylation is 1. The first-order chi connectivity index (χ1) is 14.0. The quantitative estimate of drug-likeness (QED) is 0.383. The maximum absolute atomic E-state index is 12.2. The minimum atomic E-state index is -0.124. The van der Waals surface area contributed by atoms with Crippen molar-refractivity contribution in [2.75, 3.05) is 6.61 Å². The van der Waals surface area contributed by atoms with Crippen molar-refractivity contribution in [3.05, 3.63) is 74.9 Å². The normalized spacial score (nSPS) is 11.0. The summed E-state index contributed by atoms with van der Waals surface area (Å²) in [5.74, 6) is 3.25. The van der Waals surface area contributed by atoms with Crippen LogP contribution in [0.5, 0.6) is 5.75 Å². The fourth-order valence-electron chi connectivity index (χ4n) is 3.45. The van der Waals surface area contributed by atoms with Gasteiger partial charge in [-0.2, -0.15) is 0 Å². The predicted octanol–water partition coefficient (Wildman–Crippen LogP) is 5.03. The molecule has 1 N–H and O–H groups in total. The van der Waals surface area contributed by atoms with E-state index in [0.29, 0.717) is 27.7 Å². The van der Waals surface area contributed by atoms with Crippen LogP contribution >= 0.6 is 11.6 Å². The number of hydrogen-bond acceptors (Lipinski definition) is 4. The number of terminal acetylenes is 1. The highest BCUT2D eigenvalue weighted by Gasteiger charge is 2.21. The van der Waals surface area contributed by atoms with Crippen molar-refractivity contribution in [1.29, 1.82) is 0 Å². The van der Waals surface area contributed by atoms with E-state index < -0.39 is 0 Å². The molecule has 4 rings (SSSR count). The molecule has 0 bridgehead atoms. The van der Waals surface area contributed by atoms with E-state index in [2.05, 4.69) is 5.92 Å². The summed E-state index contributed by atoms with van der Waals surface area (Å²) in [4.78, 5) is 12.2. The summed E-state index contributed by atoms with van der Waals surface area (Å²) in [5, 5.41) is 11.0. The molecule has 0 fully saturated rings. The van der Waals surface area contributed by atoms with E-state index in [0.717, 1.165) is 27.6 Å². The molecule has 1 aliphatic carbocycles. The van der Waals surface area contributed by atoms with Crippen LogP contribution in [0.4, 0.5) is 0 Å². The van der Waals surface area contributed by atoms with Crippen LogP contribution in [-0.2, 0) is 6.61 Å². The van der Waals surface area contributed by atoms with Gasteiger partial charge in [-0.25, -0.2) is 0 Å². The van der Waals surface area contributed by atoms with Crippen molar-refractivity contribution in [3.63, 3.8) is 0 Å². The molecule has 0 aromatic heterocycles. The van der Waals surface area contributed by atoms with E-state index in [1.165, 1.54) is 6.07 Å². The summed E-state index contributed by atoms with van der Waals surface area (Å²) in [6, 6.07) is 14.3. The number of hydrogen-bond donors (Lipinski definition) is 1. The van der Waals surface area contributed by atoms with E-state index in [4.69, 9.17) is 27.2 Å². The zero-order valence-corrected chi connectivity index (χ0v) is 16.4.